The Balaban J connectivity index is 0.00000133. The second-order valence-electron chi connectivity index (χ2n) is 5.37. The maximum atomic E-state index is 12.4. The number of aryl methyl sites for hydroxylation is 1. The third-order valence-corrected chi connectivity index (χ3v) is 5.85. The van der Waals surface area contributed by atoms with Gasteiger partial charge in [-0.2, -0.15) is 9.40 Å². The lowest BCUT2D eigenvalue weighted by Gasteiger charge is -2.22. The maximum Gasteiger partial charge on any atom is 0.246 e. The fraction of sp³-hybridized carbons (Fsp3) is 0.727. The summed E-state index contributed by atoms with van der Waals surface area (Å²) in [6, 6.07) is 0. The van der Waals surface area contributed by atoms with Crippen LogP contribution >= 0.6 is 12.4 Å². The predicted molar refractivity (Wildman–Crippen MR) is 73.8 cm³/mol. The molecule has 2 aliphatic heterocycles. The zero-order valence-electron chi connectivity index (χ0n) is 10.9. The molecule has 6 nitrogen and oxygen atoms in total. The maximum absolute atomic E-state index is 12.4. The highest BCUT2D eigenvalue weighted by Crippen LogP contribution is 2.38. The lowest BCUT2D eigenvalue weighted by molar-refractivity contribution is 0.338. The summed E-state index contributed by atoms with van der Waals surface area (Å²) in [5.41, 5.74) is 0.162. The minimum absolute atomic E-state index is 0. The Morgan fingerprint density at radius 3 is 2.79 bits per heavy atom. The number of sulfonamides is 1. The van der Waals surface area contributed by atoms with Gasteiger partial charge in [-0.1, -0.05) is 0 Å². The van der Waals surface area contributed by atoms with Crippen molar-refractivity contribution in [3.63, 3.8) is 0 Å². The quantitative estimate of drug-likeness (QED) is 0.848. The van der Waals surface area contributed by atoms with Crippen molar-refractivity contribution in [3.05, 3.63) is 12.4 Å². The molecule has 1 atom stereocenters. The van der Waals surface area contributed by atoms with E-state index in [2.05, 4.69) is 10.4 Å². The van der Waals surface area contributed by atoms with E-state index in [0.717, 1.165) is 25.9 Å². The molecule has 0 saturated carbocycles. The Hall–Kier alpha value is -0.630. The van der Waals surface area contributed by atoms with Gasteiger partial charge in [0.15, 0.2) is 0 Å². The van der Waals surface area contributed by atoms with E-state index in [4.69, 9.17) is 0 Å². The first-order valence-corrected chi connectivity index (χ1v) is 7.65. The van der Waals surface area contributed by atoms with Gasteiger partial charge in [0.1, 0.15) is 4.90 Å². The van der Waals surface area contributed by atoms with Crippen molar-refractivity contribution in [2.45, 2.75) is 17.7 Å². The Labute approximate surface area is 119 Å². The predicted octanol–water partition coefficient (Wildman–Crippen LogP) is 0.216. The molecule has 1 aromatic heterocycles. The van der Waals surface area contributed by atoms with Crippen LogP contribution in [0.15, 0.2) is 17.3 Å². The molecule has 2 saturated heterocycles. The molecule has 0 aliphatic carbocycles. The molecule has 19 heavy (non-hydrogen) atoms. The Morgan fingerprint density at radius 1 is 1.42 bits per heavy atom. The molecule has 0 bridgehead atoms. The van der Waals surface area contributed by atoms with Crippen LogP contribution in [0, 0.1) is 5.41 Å². The molecule has 0 amide bonds. The third-order valence-electron chi connectivity index (χ3n) is 4.05. The molecule has 2 aliphatic rings. The van der Waals surface area contributed by atoms with Gasteiger partial charge in [-0.15, -0.1) is 12.4 Å². The van der Waals surface area contributed by atoms with Crippen molar-refractivity contribution >= 4 is 22.4 Å². The average Bonchev–Trinajstić information content (AvgIpc) is 3.02. The Bertz CT molecular complexity index is 551. The zero-order valence-corrected chi connectivity index (χ0v) is 12.5. The van der Waals surface area contributed by atoms with Crippen LogP contribution in [0.5, 0.6) is 0 Å². The first-order chi connectivity index (χ1) is 8.52. The molecular formula is C11H19ClN4O2S. The number of aromatic nitrogens is 2. The van der Waals surface area contributed by atoms with Gasteiger partial charge in [0, 0.05) is 32.9 Å². The van der Waals surface area contributed by atoms with Crippen molar-refractivity contribution in [2.75, 3.05) is 26.2 Å². The van der Waals surface area contributed by atoms with Crippen molar-refractivity contribution in [1.29, 1.82) is 0 Å². The van der Waals surface area contributed by atoms with Crippen LogP contribution in [-0.4, -0.2) is 48.7 Å². The number of rotatable bonds is 2. The molecule has 0 radical (unpaired) electrons. The van der Waals surface area contributed by atoms with Crippen molar-refractivity contribution in [2.24, 2.45) is 12.5 Å². The van der Waals surface area contributed by atoms with E-state index in [9.17, 15) is 8.42 Å². The molecule has 8 heteroatoms. The van der Waals surface area contributed by atoms with E-state index >= 15 is 0 Å². The van der Waals surface area contributed by atoms with Gasteiger partial charge in [0.2, 0.25) is 10.0 Å². The van der Waals surface area contributed by atoms with Gasteiger partial charge >= 0.3 is 0 Å². The molecule has 1 N–H and O–H groups in total. The summed E-state index contributed by atoms with van der Waals surface area (Å²) in [6.07, 6.45) is 5.02. The highest BCUT2D eigenvalue weighted by Gasteiger charge is 2.44. The minimum Gasteiger partial charge on any atom is -0.316 e. The van der Waals surface area contributed by atoms with Crippen LogP contribution in [0.4, 0.5) is 0 Å². The van der Waals surface area contributed by atoms with Gasteiger partial charge in [-0.3, -0.25) is 4.68 Å². The Kier molecular flexibility index (Phi) is 3.92. The highest BCUT2D eigenvalue weighted by atomic mass is 35.5. The van der Waals surface area contributed by atoms with E-state index in [1.165, 1.54) is 10.9 Å². The largest absolute Gasteiger partial charge is 0.316 e. The molecule has 0 aromatic carbocycles. The fourth-order valence-corrected chi connectivity index (χ4v) is 4.46. The summed E-state index contributed by atoms with van der Waals surface area (Å²) >= 11 is 0. The second-order valence-corrected chi connectivity index (χ2v) is 7.30. The van der Waals surface area contributed by atoms with E-state index in [0.29, 0.717) is 18.0 Å². The number of hydrogen-bond donors (Lipinski definition) is 1. The van der Waals surface area contributed by atoms with Crippen LogP contribution in [-0.2, 0) is 17.1 Å². The van der Waals surface area contributed by atoms with Crippen molar-refractivity contribution < 1.29 is 8.42 Å². The van der Waals surface area contributed by atoms with E-state index < -0.39 is 10.0 Å². The zero-order chi connectivity index (χ0) is 12.8. The summed E-state index contributed by atoms with van der Waals surface area (Å²) < 4.78 is 28.0. The summed E-state index contributed by atoms with van der Waals surface area (Å²) in [6.45, 7) is 3.20. The molecule has 1 spiro atoms. The molecular weight excluding hydrogens is 288 g/mol. The van der Waals surface area contributed by atoms with Crippen LogP contribution in [0.25, 0.3) is 0 Å². The SMILES string of the molecule is Cl.Cn1cc(S(=O)(=O)N2CCC3(CCNC3)C2)cn1. The summed E-state index contributed by atoms with van der Waals surface area (Å²) in [4.78, 5) is 0.299. The average molecular weight is 307 g/mol. The van der Waals surface area contributed by atoms with Gasteiger partial charge in [0.05, 0.1) is 6.20 Å². The Morgan fingerprint density at radius 2 is 2.21 bits per heavy atom. The normalized spacial score (nSPS) is 27.8. The summed E-state index contributed by atoms with van der Waals surface area (Å²) in [5.74, 6) is 0. The van der Waals surface area contributed by atoms with Gasteiger partial charge in [-0.05, 0) is 24.8 Å². The van der Waals surface area contributed by atoms with E-state index in [-0.39, 0.29) is 17.8 Å². The number of nitrogens with zero attached hydrogens (tertiary/aromatic N) is 3. The van der Waals surface area contributed by atoms with E-state index in [1.54, 1.807) is 17.5 Å². The summed E-state index contributed by atoms with van der Waals surface area (Å²) in [7, 11) is -1.63. The number of hydrogen-bond acceptors (Lipinski definition) is 4. The minimum atomic E-state index is -3.36. The first-order valence-electron chi connectivity index (χ1n) is 6.21. The molecule has 2 fully saturated rings. The monoisotopic (exact) mass is 306 g/mol. The fourth-order valence-electron chi connectivity index (χ4n) is 2.92. The van der Waals surface area contributed by atoms with Gasteiger partial charge < -0.3 is 5.32 Å². The summed E-state index contributed by atoms with van der Waals surface area (Å²) in [5, 5.41) is 7.27. The third kappa shape index (κ3) is 2.52. The van der Waals surface area contributed by atoms with Crippen LogP contribution < -0.4 is 5.32 Å². The van der Waals surface area contributed by atoms with Crippen LogP contribution in [0.2, 0.25) is 0 Å². The van der Waals surface area contributed by atoms with E-state index in [1.807, 2.05) is 0 Å². The topological polar surface area (TPSA) is 67.2 Å². The first kappa shape index (κ1) is 14.8. The molecule has 3 heterocycles. The molecule has 1 aromatic rings. The highest BCUT2D eigenvalue weighted by molar-refractivity contribution is 7.89. The molecule has 108 valence electrons. The number of nitrogens with one attached hydrogen (secondary N) is 1. The molecule has 1 unspecified atom stereocenters. The standard InChI is InChI=1S/C11H18N4O2S.ClH/c1-14-7-10(6-13-14)18(16,17)15-5-3-11(9-15)2-4-12-8-11;/h6-7,12H,2-5,8-9H2,1H3;1H. The van der Waals surface area contributed by atoms with Crippen molar-refractivity contribution in [3.8, 4) is 0 Å². The number of halogens is 1. The van der Waals surface area contributed by atoms with Crippen LogP contribution in [0.3, 0.4) is 0 Å². The lowest BCUT2D eigenvalue weighted by atomic mass is 9.87. The smallest absolute Gasteiger partial charge is 0.246 e. The molecule has 3 rings (SSSR count). The van der Waals surface area contributed by atoms with Crippen LogP contribution in [0.1, 0.15) is 12.8 Å². The van der Waals surface area contributed by atoms with Gasteiger partial charge in [0.25, 0.3) is 0 Å². The second kappa shape index (κ2) is 5.05. The lowest BCUT2D eigenvalue weighted by Crippen LogP contribution is -2.33. The van der Waals surface area contributed by atoms with Crippen molar-refractivity contribution in [1.82, 2.24) is 19.4 Å². The van der Waals surface area contributed by atoms with Gasteiger partial charge in [-0.25, -0.2) is 8.42 Å².